The number of para-hydroxylation sites is 1. The molecule has 0 radical (unpaired) electrons. The minimum Gasteiger partial charge on any atom is -0.488 e. The van der Waals surface area contributed by atoms with E-state index in [1.807, 2.05) is 12.1 Å². The highest BCUT2D eigenvalue weighted by Crippen LogP contribution is 2.19. The van der Waals surface area contributed by atoms with E-state index in [0.717, 1.165) is 5.56 Å². The number of pyridine rings is 1. The minimum absolute atomic E-state index is 0.0284. The molecule has 0 unspecified atom stereocenters. The average molecular weight is 376 g/mol. The van der Waals surface area contributed by atoms with E-state index >= 15 is 0 Å². The second-order valence-electron chi connectivity index (χ2n) is 5.69. The summed E-state index contributed by atoms with van der Waals surface area (Å²) in [6.07, 6.45) is 4.52. The number of hydrogen-bond acceptors (Lipinski definition) is 6. The molecule has 8 heteroatoms. The molecule has 3 aromatic rings. The third-order valence-electron chi connectivity index (χ3n) is 3.75. The van der Waals surface area contributed by atoms with Crippen LogP contribution in [0.4, 0.5) is 5.69 Å². The Balaban J connectivity index is 1.62. The maximum atomic E-state index is 12.0. The number of carbonyl (C=O) groups excluding carboxylic acids is 1. The highest BCUT2D eigenvalue weighted by atomic mass is 16.6. The van der Waals surface area contributed by atoms with Gasteiger partial charge < -0.3 is 4.74 Å². The van der Waals surface area contributed by atoms with Gasteiger partial charge in [0.15, 0.2) is 0 Å². The fraction of sp³-hybridized carbons (Fsp3) is 0.0500. The first-order chi connectivity index (χ1) is 13.6. The Bertz CT molecular complexity index is 989. The number of nitrogens with one attached hydrogen (secondary N) is 1. The van der Waals surface area contributed by atoms with Gasteiger partial charge in [0.2, 0.25) is 0 Å². The summed E-state index contributed by atoms with van der Waals surface area (Å²) in [7, 11) is 0. The molecule has 0 saturated carbocycles. The molecule has 0 spiro atoms. The lowest BCUT2D eigenvalue weighted by Gasteiger charge is -2.09. The summed E-state index contributed by atoms with van der Waals surface area (Å²) in [5, 5.41) is 14.7. The molecule has 140 valence electrons. The van der Waals surface area contributed by atoms with E-state index in [2.05, 4.69) is 15.5 Å². The fourth-order valence-electron chi connectivity index (χ4n) is 2.32. The van der Waals surface area contributed by atoms with E-state index in [9.17, 15) is 14.9 Å². The molecule has 1 aromatic heterocycles. The van der Waals surface area contributed by atoms with E-state index < -0.39 is 4.92 Å². The van der Waals surface area contributed by atoms with Gasteiger partial charge in [0.05, 0.1) is 16.7 Å². The number of rotatable bonds is 7. The van der Waals surface area contributed by atoms with Gasteiger partial charge >= 0.3 is 0 Å². The lowest BCUT2D eigenvalue weighted by Crippen LogP contribution is -2.17. The average Bonchev–Trinajstić information content (AvgIpc) is 2.74. The first-order valence-corrected chi connectivity index (χ1v) is 8.32. The number of non-ortho nitro benzene ring substituents is 1. The molecule has 0 aliphatic heterocycles. The first kappa shape index (κ1) is 18.7. The molecule has 0 aliphatic rings. The Morgan fingerprint density at radius 2 is 1.93 bits per heavy atom. The molecule has 8 nitrogen and oxygen atoms in total. The quantitative estimate of drug-likeness (QED) is 0.387. The zero-order chi connectivity index (χ0) is 19.8. The molecule has 0 aliphatic carbocycles. The zero-order valence-electron chi connectivity index (χ0n) is 14.7. The Morgan fingerprint density at radius 3 is 2.64 bits per heavy atom. The molecule has 1 heterocycles. The molecule has 2 aromatic carbocycles. The van der Waals surface area contributed by atoms with Gasteiger partial charge in [0.1, 0.15) is 12.4 Å². The van der Waals surface area contributed by atoms with E-state index in [-0.39, 0.29) is 18.2 Å². The van der Waals surface area contributed by atoms with Crippen LogP contribution in [-0.4, -0.2) is 22.0 Å². The van der Waals surface area contributed by atoms with Crippen molar-refractivity contribution in [3.05, 3.63) is 99.9 Å². The van der Waals surface area contributed by atoms with E-state index in [1.165, 1.54) is 24.5 Å². The summed E-state index contributed by atoms with van der Waals surface area (Å²) >= 11 is 0. The predicted molar refractivity (Wildman–Crippen MR) is 103 cm³/mol. The van der Waals surface area contributed by atoms with Gasteiger partial charge in [0, 0.05) is 30.1 Å². The monoisotopic (exact) mass is 376 g/mol. The van der Waals surface area contributed by atoms with Crippen LogP contribution in [-0.2, 0) is 6.61 Å². The molecule has 0 fully saturated rings. The van der Waals surface area contributed by atoms with Crippen LogP contribution < -0.4 is 10.2 Å². The van der Waals surface area contributed by atoms with Crippen molar-refractivity contribution in [1.29, 1.82) is 0 Å². The van der Waals surface area contributed by atoms with Crippen molar-refractivity contribution in [2.45, 2.75) is 6.61 Å². The lowest BCUT2D eigenvalue weighted by atomic mass is 10.2. The summed E-state index contributed by atoms with van der Waals surface area (Å²) in [6, 6.07) is 16.7. The smallest absolute Gasteiger partial charge is 0.272 e. The highest BCUT2D eigenvalue weighted by molar-refractivity contribution is 5.94. The Morgan fingerprint density at radius 1 is 1.14 bits per heavy atom. The van der Waals surface area contributed by atoms with Gasteiger partial charge in [-0.1, -0.05) is 12.1 Å². The van der Waals surface area contributed by atoms with E-state index in [1.54, 1.807) is 42.6 Å². The van der Waals surface area contributed by atoms with Crippen LogP contribution in [0.3, 0.4) is 0 Å². The second kappa shape index (κ2) is 9.04. The number of aromatic nitrogens is 1. The van der Waals surface area contributed by atoms with Crippen molar-refractivity contribution in [1.82, 2.24) is 10.4 Å². The highest BCUT2D eigenvalue weighted by Gasteiger charge is 2.06. The summed E-state index contributed by atoms with van der Waals surface area (Å²) in [5.74, 6) is 0.203. The van der Waals surface area contributed by atoms with Crippen molar-refractivity contribution >= 4 is 17.8 Å². The molecule has 0 saturated heterocycles. The van der Waals surface area contributed by atoms with Gasteiger partial charge in [-0.05, 0) is 42.0 Å². The van der Waals surface area contributed by atoms with E-state index in [4.69, 9.17) is 4.74 Å². The summed E-state index contributed by atoms with van der Waals surface area (Å²) in [4.78, 5) is 26.1. The SMILES string of the molecule is O=C(NN=Cc1ccccc1OCc1ccc([N+](=O)[O-])cc1)c1cccnc1. The molecule has 1 amide bonds. The van der Waals surface area contributed by atoms with Crippen LogP contribution in [0, 0.1) is 10.1 Å². The van der Waals surface area contributed by atoms with Crippen molar-refractivity contribution in [3.63, 3.8) is 0 Å². The number of amides is 1. The molecule has 1 N–H and O–H groups in total. The first-order valence-electron chi connectivity index (χ1n) is 8.32. The van der Waals surface area contributed by atoms with Crippen LogP contribution in [0.2, 0.25) is 0 Å². The third-order valence-corrected chi connectivity index (χ3v) is 3.75. The Kier molecular flexibility index (Phi) is 6.04. The maximum absolute atomic E-state index is 12.0. The normalized spacial score (nSPS) is 10.6. The molecule has 28 heavy (non-hydrogen) atoms. The van der Waals surface area contributed by atoms with Crippen molar-refractivity contribution in [2.24, 2.45) is 5.10 Å². The van der Waals surface area contributed by atoms with Gasteiger partial charge in [0.25, 0.3) is 11.6 Å². The lowest BCUT2D eigenvalue weighted by molar-refractivity contribution is -0.384. The van der Waals surface area contributed by atoms with Crippen LogP contribution in [0.15, 0.2) is 78.2 Å². The molecule has 0 atom stereocenters. The van der Waals surface area contributed by atoms with Crippen LogP contribution in [0.1, 0.15) is 21.5 Å². The summed E-state index contributed by atoms with van der Waals surface area (Å²) in [5.41, 5.74) is 4.34. The fourth-order valence-corrected chi connectivity index (χ4v) is 2.32. The van der Waals surface area contributed by atoms with E-state index in [0.29, 0.717) is 16.9 Å². The number of carbonyl (C=O) groups is 1. The second-order valence-corrected chi connectivity index (χ2v) is 5.69. The van der Waals surface area contributed by atoms with Crippen LogP contribution >= 0.6 is 0 Å². The number of nitro benzene ring substituents is 1. The largest absolute Gasteiger partial charge is 0.488 e. The molecule has 0 bridgehead atoms. The van der Waals surface area contributed by atoms with Gasteiger partial charge in [-0.25, -0.2) is 5.43 Å². The van der Waals surface area contributed by atoms with Crippen molar-refractivity contribution in [3.8, 4) is 5.75 Å². The molecule has 3 rings (SSSR count). The number of nitro groups is 1. The van der Waals surface area contributed by atoms with Gasteiger partial charge in [-0.15, -0.1) is 0 Å². The third kappa shape index (κ3) is 4.98. The van der Waals surface area contributed by atoms with Gasteiger partial charge in [-0.2, -0.15) is 5.10 Å². The number of hydrogen-bond donors (Lipinski definition) is 1. The topological polar surface area (TPSA) is 107 Å². The number of hydrazone groups is 1. The zero-order valence-corrected chi connectivity index (χ0v) is 14.7. The Hall–Kier alpha value is -4.07. The number of benzene rings is 2. The standard InChI is InChI=1S/C20H16N4O4/c25-20(17-5-3-11-21-12-17)23-22-13-16-4-1-2-6-19(16)28-14-15-7-9-18(10-8-15)24(26)27/h1-13H,14H2,(H,23,25). The number of nitrogens with zero attached hydrogens (tertiary/aromatic N) is 3. The Labute approximate surface area is 160 Å². The summed E-state index contributed by atoms with van der Waals surface area (Å²) < 4.78 is 5.78. The van der Waals surface area contributed by atoms with Crippen LogP contribution in [0.5, 0.6) is 5.75 Å². The predicted octanol–water partition coefficient (Wildman–Crippen LogP) is 3.33. The van der Waals surface area contributed by atoms with Crippen molar-refractivity contribution in [2.75, 3.05) is 0 Å². The molecular weight excluding hydrogens is 360 g/mol. The number of ether oxygens (including phenoxy) is 1. The molecular formula is C20H16N4O4. The van der Waals surface area contributed by atoms with Gasteiger partial charge in [-0.3, -0.25) is 19.9 Å². The minimum atomic E-state index is -0.448. The van der Waals surface area contributed by atoms with Crippen molar-refractivity contribution < 1.29 is 14.5 Å². The van der Waals surface area contributed by atoms with Crippen LogP contribution in [0.25, 0.3) is 0 Å². The summed E-state index contributed by atoms with van der Waals surface area (Å²) in [6.45, 7) is 0.241. The maximum Gasteiger partial charge on any atom is 0.272 e.